The minimum atomic E-state index is -0.586. The molecule has 96 valence electrons. The summed E-state index contributed by atoms with van der Waals surface area (Å²) >= 11 is 0. The lowest BCUT2D eigenvalue weighted by Gasteiger charge is -2.07. The minimum Gasteiger partial charge on any atom is -0.463 e. The van der Waals surface area contributed by atoms with Crippen LogP contribution in [0.5, 0.6) is 0 Å². The number of hydrogen-bond acceptors (Lipinski definition) is 4. The second-order valence-electron chi connectivity index (χ2n) is 4.22. The second kappa shape index (κ2) is 6.19. The maximum atomic E-state index is 11.7. The standard InChI is InChI=1S/C14H17NO3/c1-2-3-9-17-14(16)13-10-12(15-18-13)11-7-5-4-6-8-11/h4-8,13H,2-3,9-10H2,1H3. The first-order chi connectivity index (χ1) is 8.81. The van der Waals surface area contributed by atoms with Crippen LogP contribution in [-0.4, -0.2) is 24.4 Å². The largest absolute Gasteiger partial charge is 0.463 e. The van der Waals surface area contributed by atoms with Gasteiger partial charge in [-0.25, -0.2) is 4.79 Å². The topological polar surface area (TPSA) is 47.9 Å². The molecule has 0 fully saturated rings. The molecular formula is C14H17NO3. The fraction of sp³-hybridized carbons (Fsp3) is 0.429. The van der Waals surface area contributed by atoms with Gasteiger partial charge in [0.15, 0.2) is 0 Å². The first-order valence-electron chi connectivity index (χ1n) is 6.26. The van der Waals surface area contributed by atoms with Crippen molar-refractivity contribution in [3.63, 3.8) is 0 Å². The number of ether oxygens (including phenoxy) is 1. The molecule has 0 radical (unpaired) electrons. The van der Waals surface area contributed by atoms with E-state index in [4.69, 9.17) is 9.57 Å². The second-order valence-corrected chi connectivity index (χ2v) is 4.22. The third-order valence-corrected chi connectivity index (χ3v) is 2.78. The van der Waals surface area contributed by atoms with E-state index in [1.54, 1.807) is 0 Å². The molecule has 0 saturated heterocycles. The summed E-state index contributed by atoms with van der Waals surface area (Å²) in [5.41, 5.74) is 1.79. The molecule has 18 heavy (non-hydrogen) atoms. The van der Waals surface area contributed by atoms with Gasteiger partial charge in [0.25, 0.3) is 0 Å². The fourth-order valence-corrected chi connectivity index (χ4v) is 1.71. The number of carbonyl (C=O) groups is 1. The fourth-order valence-electron chi connectivity index (χ4n) is 1.71. The van der Waals surface area contributed by atoms with Crippen LogP contribution >= 0.6 is 0 Å². The van der Waals surface area contributed by atoms with E-state index in [-0.39, 0.29) is 5.97 Å². The smallest absolute Gasteiger partial charge is 0.350 e. The molecule has 4 heteroatoms. The molecule has 1 aliphatic rings. The molecule has 0 N–H and O–H groups in total. The summed E-state index contributed by atoms with van der Waals surface area (Å²) in [5.74, 6) is -0.321. The highest BCUT2D eigenvalue weighted by Gasteiger charge is 2.29. The van der Waals surface area contributed by atoms with Gasteiger partial charge in [-0.2, -0.15) is 0 Å². The molecular weight excluding hydrogens is 230 g/mol. The molecule has 1 aromatic carbocycles. The molecule has 1 atom stereocenters. The monoisotopic (exact) mass is 247 g/mol. The van der Waals surface area contributed by atoms with Crippen LogP contribution in [0.15, 0.2) is 35.5 Å². The number of hydrogen-bond donors (Lipinski definition) is 0. The Morgan fingerprint density at radius 1 is 1.44 bits per heavy atom. The van der Waals surface area contributed by atoms with Crippen molar-refractivity contribution in [2.24, 2.45) is 5.16 Å². The van der Waals surface area contributed by atoms with Crippen LogP contribution in [0.2, 0.25) is 0 Å². The normalized spacial score (nSPS) is 18.1. The van der Waals surface area contributed by atoms with Crippen LogP contribution in [0.25, 0.3) is 0 Å². The van der Waals surface area contributed by atoms with E-state index in [0.29, 0.717) is 13.0 Å². The Morgan fingerprint density at radius 3 is 2.94 bits per heavy atom. The average molecular weight is 247 g/mol. The molecule has 4 nitrogen and oxygen atoms in total. The lowest BCUT2D eigenvalue weighted by Crippen LogP contribution is -2.24. The van der Waals surface area contributed by atoms with E-state index < -0.39 is 6.10 Å². The Labute approximate surface area is 107 Å². The van der Waals surface area contributed by atoms with Gasteiger partial charge in [-0.15, -0.1) is 0 Å². The Hall–Kier alpha value is -1.84. The zero-order valence-electron chi connectivity index (χ0n) is 10.5. The number of rotatable bonds is 5. The van der Waals surface area contributed by atoms with Crippen molar-refractivity contribution in [3.05, 3.63) is 35.9 Å². The van der Waals surface area contributed by atoms with Crippen LogP contribution in [0.3, 0.4) is 0 Å². The molecule has 0 amide bonds. The highest BCUT2D eigenvalue weighted by atomic mass is 16.7. The third kappa shape index (κ3) is 3.09. The summed E-state index contributed by atoms with van der Waals surface area (Å²) in [5, 5.41) is 3.95. The van der Waals surface area contributed by atoms with Gasteiger partial charge in [0.05, 0.1) is 12.3 Å². The molecule has 2 rings (SSSR count). The molecule has 0 spiro atoms. The first kappa shape index (κ1) is 12.6. The summed E-state index contributed by atoms with van der Waals surface area (Å²) in [7, 11) is 0. The number of benzene rings is 1. The van der Waals surface area contributed by atoms with Crippen molar-refractivity contribution in [1.82, 2.24) is 0 Å². The van der Waals surface area contributed by atoms with Crippen molar-refractivity contribution in [2.45, 2.75) is 32.3 Å². The number of oxime groups is 1. The van der Waals surface area contributed by atoms with Crippen molar-refractivity contribution >= 4 is 11.7 Å². The number of nitrogens with zero attached hydrogens (tertiary/aromatic N) is 1. The minimum absolute atomic E-state index is 0.321. The molecule has 0 aliphatic carbocycles. The third-order valence-electron chi connectivity index (χ3n) is 2.78. The molecule has 1 heterocycles. The predicted octanol–water partition coefficient (Wildman–Crippen LogP) is 2.52. The molecule has 1 aliphatic heterocycles. The van der Waals surface area contributed by atoms with E-state index in [2.05, 4.69) is 12.1 Å². The number of unbranched alkanes of at least 4 members (excludes halogenated alkanes) is 1. The van der Waals surface area contributed by atoms with Gasteiger partial charge in [0, 0.05) is 6.42 Å². The number of carbonyl (C=O) groups excluding carboxylic acids is 1. The van der Waals surface area contributed by atoms with Crippen LogP contribution in [0.1, 0.15) is 31.7 Å². The van der Waals surface area contributed by atoms with E-state index in [0.717, 1.165) is 24.1 Å². The van der Waals surface area contributed by atoms with Gasteiger partial charge < -0.3 is 9.57 Å². The van der Waals surface area contributed by atoms with Crippen LogP contribution in [-0.2, 0) is 14.4 Å². The maximum Gasteiger partial charge on any atom is 0.350 e. The van der Waals surface area contributed by atoms with E-state index in [1.807, 2.05) is 30.3 Å². The highest BCUT2D eigenvalue weighted by molar-refractivity contribution is 6.03. The lowest BCUT2D eigenvalue weighted by atomic mass is 10.1. The van der Waals surface area contributed by atoms with Gasteiger partial charge in [0.1, 0.15) is 0 Å². The van der Waals surface area contributed by atoms with Crippen LogP contribution < -0.4 is 0 Å². The molecule has 0 aromatic heterocycles. The Bertz CT molecular complexity index is 428. The van der Waals surface area contributed by atoms with Gasteiger partial charge in [0.2, 0.25) is 6.10 Å². The Balaban J connectivity index is 1.86. The summed E-state index contributed by atoms with van der Waals surface area (Å²) in [6, 6.07) is 9.71. The predicted molar refractivity (Wildman–Crippen MR) is 68.3 cm³/mol. The SMILES string of the molecule is CCCCOC(=O)C1CC(c2ccccc2)=NO1. The van der Waals surface area contributed by atoms with Crippen LogP contribution in [0, 0.1) is 0 Å². The molecule has 1 aromatic rings. The molecule has 0 bridgehead atoms. The summed E-state index contributed by atoms with van der Waals surface area (Å²) in [6.07, 6.45) is 1.78. The van der Waals surface area contributed by atoms with E-state index >= 15 is 0 Å². The van der Waals surface area contributed by atoms with E-state index in [9.17, 15) is 4.79 Å². The highest BCUT2D eigenvalue weighted by Crippen LogP contribution is 2.17. The van der Waals surface area contributed by atoms with E-state index in [1.165, 1.54) is 0 Å². The first-order valence-corrected chi connectivity index (χ1v) is 6.26. The van der Waals surface area contributed by atoms with Crippen molar-refractivity contribution in [3.8, 4) is 0 Å². The number of esters is 1. The molecule has 0 saturated carbocycles. The summed E-state index contributed by atoms with van der Waals surface area (Å²) < 4.78 is 5.11. The Kier molecular flexibility index (Phi) is 4.34. The zero-order chi connectivity index (χ0) is 12.8. The average Bonchev–Trinajstić information content (AvgIpc) is 2.89. The zero-order valence-corrected chi connectivity index (χ0v) is 10.5. The van der Waals surface area contributed by atoms with Gasteiger partial charge >= 0.3 is 5.97 Å². The van der Waals surface area contributed by atoms with Crippen LogP contribution in [0.4, 0.5) is 0 Å². The van der Waals surface area contributed by atoms with Gasteiger partial charge in [-0.05, 0) is 12.0 Å². The van der Waals surface area contributed by atoms with Gasteiger partial charge in [-0.1, -0.05) is 48.8 Å². The lowest BCUT2D eigenvalue weighted by molar-refractivity contribution is -0.155. The van der Waals surface area contributed by atoms with Crippen molar-refractivity contribution in [2.75, 3.05) is 6.61 Å². The Morgan fingerprint density at radius 2 is 2.22 bits per heavy atom. The summed E-state index contributed by atoms with van der Waals surface area (Å²) in [4.78, 5) is 16.8. The van der Waals surface area contributed by atoms with Crippen molar-refractivity contribution < 1.29 is 14.4 Å². The van der Waals surface area contributed by atoms with Gasteiger partial charge in [-0.3, -0.25) is 0 Å². The summed E-state index contributed by atoms with van der Waals surface area (Å²) in [6.45, 7) is 2.51. The quantitative estimate of drug-likeness (QED) is 0.593. The maximum absolute atomic E-state index is 11.7. The van der Waals surface area contributed by atoms with Crippen molar-refractivity contribution in [1.29, 1.82) is 0 Å². The molecule has 1 unspecified atom stereocenters.